The maximum absolute atomic E-state index is 11.6. The summed E-state index contributed by atoms with van der Waals surface area (Å²) in [6, 6.07) is 7.40. The quantitative estimate of drug-likeness (QED) is 0.696. The third kappa shape index (κ3) is 8.51. The molecule has 0 spiro atoms. The van der Waals surface area contributed by atoms with E-state index in [0.717, 1.165) is 10.0 Å². The molecule has 0 aromatic heterocycles. The molecule has 0 atom stereocenters. The number of alkyl carbamates (subject to hydrolysis) is 1. The van der Waals surface area contributed by atoms with Crippen molar-refractivity contribution in [2.45, 2.75) is 32.9 Å². The first-order chi connectivity index (χ1) is 10.3. The number of halogens is 1. The average Bonchev–Trinajstić information content (AvgIpc) is 2.39. The zero-order chi connectivity index (χ0) is 16.6. The summed E-state index contributed by atoms with van der Waals surface area (Å²) in [5.74, 6) is 0. The van der Waals surface area contributed by atoms with Crippen LogP contribution in [0.3, 0.4) is 0 Å². The Morgan fingerprint density at radius 2 is 1.82 bits per heavy atom. The zero-order valence-electron chi connectivity index (χ0n) is 13.0. The van der Waals surface area contributed by atoms with E-state index in [2.05, 4.69) is 31.9 Å². The molecule has 7 heteroatoms. The molecule has 3 amide bonds. The van der Waals surface area contributed by atoms with Gasteiger partial charge in [-0.15, -0.1) is 0 Å². The summed E-state index contributed by atoms with van der Waals surface area (Å²) < 4.78 is 6.04. The standard InChI is InChI=1S/C15H22BrN3O3/c1-15(2,3)22-14(21)18-8-7-17-13(20)19-10-11-5-4-6-12(16)9-11/h4-6,9H,7-8,10H2,1-3H3,(H,18,21)(H2,17,19,20). The number of nitrogens with one attached hydrogen (secondary N) is 3. The van der Waals surface area contributed by atoms with E-state index >= 15 is 0 Å². The van der Waals surface area contributed by atoms with Gasteiger partial charge in [0.15, 0.2) is 0 Å². The second-order valence-corrected chi connectivity index (χ2v) is 6.58. The van der Waals surface area contributed by atoms with E-state index in [1.165, 1.54) is 0 Å². The van der Waals surface area contributed by atoms with Crippen LogP contribution >= 0.6 is 15.9 Å². The van der Waals surface area contributed by atoms with E-state index in [1.807, 2.05) is 24.3 Å². The lowest BCUT2D eigenvalue weighted by molar-refractivity contribution is 0.0528. The molecule has 0 aliphatic carbocycles. The van der Waals surface area contributed by atoms with Crippen LogP contribution in [0.4, 0.5) is 9.59 Å². The fourth-order valence-electron chi connectivity index (χ4n) is 1.55. The van der Waals surface area contributed by atoms with Crippen molar-refractivity contribution >= 4 is 28.1 Å². The van der Waals surface area contributed by atoms with Gasteiger partial charge in [-0.25, -0.2) is 9.59 Å². The minimum absolute atomic E-state index is 0.286. The van der Waals surface area contributed by atoms with Gasteiger partial charge in [-0.2, -0.15) is 0 Å². The Morgan fingerprint density at radius 3 is 2.45 bits per heavy atom. The number of rotatable bonds is 5. The molecule has 0 saturated carbocycles. The average molecular weight is 372 g/mol. The number of carbonyl (C=O) groups excluding carboxylic acids is 2. The predicted molar refractivity (Wildman–Crippen MR) is 88.6 cm³/mol. The van der Waals surface area contributed by atoms with Crippen LogP contribution in [0.5, 0.6) is 0 Å². The Balaban J connectivity index is 2.15. The summed E-state index contributed by atoms with van der Waals surface area (Å²) in [5.41, 5.74) is 0.468. The highest BCUT2D eigenvalue weighted by Gasteiger charge is 2.15. The first-order valence-corrected chi connectivity index (χ1v) is 7.78. The molecule has 0 fully saturated rings. The normalized spacial score (nSPS) is 10.7. The van der Waals surface area contributed by atoms with Gasteiger partial charge in [0.05, 0.1) is 0 Å². The monoisotopic (exact) mass is 371 g/mol. The van der Waals surface area contributed by atoms with Crippen LogP contribution in [0.15, 0.2) is 28.7 Å². The van der Waals surface area contributed by atoms with Crippen LogP contribution in [-0.2, 0) is 11.3 Å². The summed E-state index contributed by atoms with van der Waals surface area (Å²) in [6.45, 7) is 6.44. The van der Waals surface area contributed by atoms with Gasteiger partial charge in [-0.05, 0) is 38.5 Å². The molecular formula is C15H22BrN3O3. The number of ether oxygens (including phenoxy) is 1. The van der Waals surface area contributed by atoms with Crippen LogP contribution in [-0.4, -0.2) is 30.8 Å². The highest BCUT2D eigenvalue weighted by Crippen LogP contribution is 2.11. The van der Waals surface area contributed by atoms with Crippen molar-refractivity contribution in [2.75, 3.05) is 13.1 Å². The van der Waals surface area contributed by atoms with E-state index in [0.29, 0.717) is 19.6 Å². The Hall–Kier alpha value is -1.76. The molecule has 1 rings (SSSR count). The Kier molecular flexibility index (Phi) is 7.17. The maximum Gasteiger partial charge on any atom is 0.407 e. The molecular weight excluding hydrogens is 350 g/mol. The third-order valence-corrected chi connectivity index (χ3v) is 2.91. The summed E-state index contributed by atoms with van der Waals surface area (Å²) >= 11 is 3.37. The molecule has 1 aromatic carbocycles. The Bertz CT molecular complexity index is 515. The second-order valence-electron chi connectivity index (χ2n) is 5.67. The van der Waals surface area contributed by atoms with Crippen LogP contribution in [0, 0.1) is 0 Å². The van der Waals surface area contributed by atoms with Crippen LogP contribution in [0.1, 0.15) is 26.3 Å². The van der Waals surface area contributed by atoms with Crippen molar-refractivity contribution in [1.29, 1.82) is 0 Å². The fraction of sp³-hybridized carbons (Fsp3) is 0.467. The van der Waals surface area contributed by atoms with E-state index in [9.17, 15) is 9.59 Å². The van der Waals surface area contributed by atoms with Gasteiger partial charge in [0.1, 0.15) is 5.60 Å². The van der Waals surface area contributed by atoms with Gasteiger partial charge < -0.3 is 20.7 Å². The van der Waals surface area contributed by atoms with Crippen molar-refractivity contribution in [2.24, 2.45) is 0 Å². The minimum atomic E-state index is -0.529. The molecule has 0 unspecified atom stereocenters. The minimum Gasteiger partial charge on any atom is -0.444 e. The molecule has 0 bridgehead atoms. The second kappa shape index (κ2) is 8.63. The smallest absolute Gasteiger partial charge is 0.407 e. The lowest BCUT2D eigenvalue weighted by Gasteiger charge is -2.19. The summed E-state index contributed by atoms with van der Waals surface area (Å²) in [7, 11) is 0. The highest BCUT2D eigenvalue weighted by molar-refractivity contribution is 9.10. The van der Waals surface area contributed by atoms with Gasteiger partial charge in [0.25, 0.3) is 0 Å². The van der Waals surface area contributed by atoms with Gasteiger partial charge in [-0.1, -0.05) is 28.1 Å². The summed E-state index contributed by atoms with van der Waals surface area (Å²) in [5, 5.41) is 7.96. The highest BCUT2D eigenvalue weighted by atomic mass is 79.9. The third-order valence-electron chi connectivity index (χ3n) is 2.42. The van der Waals surface area contributed by atoms with E-state index < -0.39 is 11.7 Å². The molecule has 0 radical (unpaired) electrons. The number of amides is 3. The number of benzene rings is 1. The molecule has 0 aliphatic rings. The Labute approximate surface area is 139 Å². The molecule has 3 N–H and O–H groups in total. The van der Waals surface area contributed by atoms with Crippen molar-refractivity contribution in [3.63, 3.8) is 0 Å². The van der Waals surface area contributed by atoms with E-state index in [4.69, 9.17) is 4.74 Å². The first kappa shape index (κ1) is 18.3. The van der Waals surface area contributed by atoms with Gasteiger partial charge in [0, 0.05) is 24.1 Å². The van der Waals surface area contributed by atoms with E-state index in [-0.39, 0.29) is 6.03 Å². The lowest BCUT2D eigenvalue weighted by Crippen LogP contribution is -2.41. The fourth-order valence-corrected chi connectivity index (χ4v) is 1.99. The molecule has 0 saturated heterocycles. The van der Waals surface area contributed by atoms with Crippen LogP contribution in [0.25, 0.3) is 0 Å². The molecule has 1 aromatic rings. The maximum atomic E-state index is 11.6. The molecule has 22 heavy (non-hydrogen) atoms. The molecule has 122 valence electrons. The Morgan fingerprint density at radius 1 is 1.14 bits per heavy atom. The summed E-state index contributed by atoms with van der Waals surface area (Å²) in [4.78, 5) is 23.0. The van der Waals surface area contributed by atoms with Crippen molar-refractivity contribution in [3.8, 4) is 0 Å². The largest absolute Gasteiger partial charge is 0.444 e. The molecule has 6 nitrogen and oxygen atoms in total. The van der Waals surface area contributed by atoms with Crippen LogP contribution in [0.2, 0.25) is 0 Å². The van der Waals surface area contributed by atoms with Gasteiger partial charge in [0.2, 0.25) is 0 Å². The topological polar surface area (TPSA) is 79.5 Å². The molecule has 0 heterocycles. The van der Waals surface area contributed by atoms with Gasteiger partial charge in [-0.3, -0.25) is 0 Å². The number of hydrogen-bond donors (Lipinski definition) is 3. The number of carbonyl (C=O) groups is 2. The summed E-state index contributed by atoms with van der Waals surface area (Å²) in [6.07, 6.45) is -0.496. The first-order valence-electron chi connectivity index (χ1n) is 6.99. The number of hydrogen-bond acceptors (Lipinski definition) is 3. The predicted octanol–water partition coefficient (Wildman–Crippen LogP) is 2.77. The SMILES string of the molecule is CC(C)(C)OC(=O)NCCNC(=O)NCc1cccc(Br)c1. The zero-order valence-corrected chi connectivity index (χ0v) is 14.6. The van der Waals surface area contributed by atoms with Crippen LogP contribution < -0.4 is 16.0 Å². The number of urea groups is 1. The van der Waals surface area contributed by atoms with Crippen molar-refractivity contribution < 1.29 is 14.3 Å². The van der Waals surface area contributed by atoms with Gasteiger partial charge >= 0.3 is 12.1 Å². The molecule has 0 aliphatic heterocycles. The lowest BCUT2D eigenvalue weighted by atomic mass is 10.2. The van der Waals surface area contributed by atoms with Crippen molar-refractivity contribution in [3.05, 3.63) is 34.3 Å². The van der Waals surface area contributed by atoms with E-state index in [1.54, 1.807) is 20.8 Å². The van der Waals surface area contributed by atoms with Crippen molar-refractivity contribution in [1.82, 2.24) is 16.0 Å².